The number of β-amino-alcohol motifs (C(OH)–C–C–N with tert-alkyl or cyclic N) is 1. The fourth-order valence-corrected chi connectivity index (χ4v) is 2.94. The van der Waals surface area contributed by atoms with Gasteiger partial charge < -0.3 is 15.3 Å². The van der Waals surface area contributed by atoms with Crippen LogP contribution < -0.4 is 10.2 Å². The first-order valence-corrected chi connectivity index (χ1v) is 7.37. The van der Waals surface area contributed by atoms with Gasteiger partial charge in [-0.15, -0.1) is 0 Å². The molecular weight excluding hydrogens is 236 g/mol. The van der Waals surface area contributed by atoms with Gasteiger partial charge in [0, 0.05) is 24.8 Å². The molecule has 0 amide bonds. The van der Waals surface area contributed by atoms with E-state index in [0.717, 1.165) is 32.5 Å². The largest absolute Gasteiger partial charge is 0.388 e. The fourth-order valence-electron chi connectivity index (χ4n) is 2.94. The van der Waals surface area contributed by atoms with Gasteiger partial charge in [0.25, 0.3) is 0 Å². The van der Waals surface area contributed by atoms with Crippen molar-refractivity contribution in [3.05, 3.63) is 29.8 Å². The number of anilines is 1. The zero-order chi connectivity index (χ0) is 13.9. The van der Waals surface area contributed by atoms with Crippen LogP contribution in [0.5, 0.6) is 0 Å². The van der Waals surface area contributed by atoms with E-state index in [1.54, 1.807) is 0 Å². The standard InChI is InChI=1S/C16H26N2O/c1-4-14(17-5-2)13-8-6-7-9-15(13)18-11-10-16(3,19)12-18/h6-9,14,17,19H,4-5,10-12H2,1-3H3. The zero-order valence-corrected chi connectivity index (χ0v) is 12.3. The molecule has 1 aromatic rings. The monoisotopic (exact) mass is 262 g/mol. The topological polar surface area (TPSA) is 35.5 Å². The van der Waals surface area contributed by atoms with Crippen molar-refractivity contribution in [3.8, 4) is 0 Å². The first kappa shape index (κ1) is 14.4. The Morgan fingerprint density at radius 2 is 2.11 bits per heavy atom. The highest BCUT2D eigenvalue weighted by Gasteiger charge is 2.32. The van der Waals surface area contributed by atoms with Crippen LogP contribution in [0.4, 0.5) is 5.69 Å². The molecule has 0 saturated carbocycles. The third-order valence-corrected chi connectivity index (χ3v) is 3.96. The third-order valence-electron chi connectivity index (χ3n) is 3.96. The zero-order valence-electron chi connectivity index (χ0n) is 12.3. The van der Waals surface area contributed by atoms with E-state index in [1.165, 1.54) is 11.3 Å². The molecule has 1 aliphatic heterocycles. The van der Waals surface area contributed by atoms with Crippen molar-refractivity contribution in [2.24, 2.45) is 0 Å². The molecule has 1 fully saturated rings. The Hall–Kier alpha value is -1.06. The van der Waals surface area contributed by atoms with Crippen LogP contribution in [0.1, 0.15) is 45.2 Å². The number of benzene rings is 1. The number of para-hydroxylation sites is 1. The van der Waals surface area contributed by atoms with E-state index < -0.39 is 5.60 Å². The highest BCUT2D eigenvalue weighted by Crippen LogP contribution is 2.32. The minimum absolute atomic E-state index is 0.395. The average Bonchev–Trinajstić information content (AvgIpc) is 2.76. The number of nitrogens with one attached hydrogen (secondary N) is 1. The maximum Gasteiger partial charge on any atom is 0.0810 e. The van der Waals surface area contributed by atoms with Gasteiger partial charge in [-0.05, 0) is 37.9 Å². The first-order valence-electron chi connectivity index (χ1n) is 7.37. The van der Waals surface area contributed by atoms with Gasteiger partial charge in [0.05, 0.1) is 5.60 Å². The number of rotatable bonds is 5. The van der Waals surface area contributed by atoms with Crippen LogP contribution >= 0.6 is 0 Å². The summed E-state index contributed by atoms with van der Waals surface area (Å²) in [5, 5.41) is 13.7. The van der Waals surface area contributed by atoms with Gasteiger partial charge in [0.1, 0.15) is 0 Å². The molecule has 1 saturated heterocycles. The van der Waals surface area contributed by atoms with E-state index in [4.69, 9.17) is 0 Å². The number of hydrogen-bond donors (Lipinski definition) is 2. The van der Waals surface area contributed by atoms with Gasteiger partial charge in [-0.2, -0.15) is 0 Å². The summed E-state index contributed by atoms with van der Waals surface area (Å²) in [6.45, 7) is 8.93. The molecule has 1 aliphatic rings. The van der Waals surface area contributed by atoms with Crippen molar-refractivity contribution in [2.75, 3.05) is 24.5 Å². The molecule has 19 heavy (non-hydrogen) atoms. The predicted molar refractivity (Wildman–Crippen MR) is 80.6 cm³/mol. The average molecular weight is 262 g/mol. The molecule has 2 unspecified atom stereocenters. The molecule has 106 valence electrons. The van der Waals surface area contributed by atoms with Crippen molar-refractivity contribution >= 4 is 5.69 Å². The molecule has 0 radical (unpaired) electrons. The summed E-state index contributed by atoms with van der Waals surface area (Å²) >= 11 is 0. The van der Waals surface area contributed by atoms with E-state index in [0.29, 0.717) is 6.04 Å². The number of hydrogen-bond acceptors (Lipinski definition) is 3. The van der Waals surface area contributed by atoms with E-state index in [-0.39, 0.29) is 0 Å². The maximum absolute atomic E-state index is 10.2. The van der Waals surface area contributed by atoms with Crippen LogP contribution in [0, 0.1) is 0 Å². The van der Waals surface area contributed by atoms with E-state index in [1.807, 2.05) is 6.92 Å². The van der Waals surface area contributed by atoms with Crippen LogP contribution in [-0.2, 0) is 0 Å². The summed E-state index contributed by atoms with van der Waals surface area (Å²) < 4.78 is 0. The summed E-state index contributed by atoms with van der Waals surface area (Å²) in [4.78, 5) is 2.31. The molecule has 0 bridgehead atoms. The van der Waals surface area contributed by atoms with Crippen LogP contribution in [0.2, 0.25) is 0 Å². The second kappa shape index (κ2) is 5.93. The predicted octanol–water partition coefficient (Wildman–Crippen LogP) is 2.71. The molecule has 2 atom stereocenters. The molecule has 0 spiro atoms. The lowest BCUT2D eigenvalue weighted by molar-refractivity contribution is 0.0839. The van der Waals surface area contributed by atoms with Crippen LogP contribution in [0.25, 0.3) is 0 Å². The van der Waals surface area contributed by atoms with Crippen LogP contribution in [0.3, 0.4) is 0 Å². The lowest BCUT2D eigenvalue weighted by atomic mass is 10.0. The van der Waals surface area contributed by atoms with E-state index in [2.05, 4.69) is 48.3 Å². The lowest BCUT2D eigenvalue weighted by Crippen LogP contribution is -2.31. The van der Waals surface area contributed by atoms with Crippen molar-refractivity contribution in [2.45, 2.75) is 45.3 Å². The summed E-state index contributed by atoms with van der Waals surface area (Å²) in [5.74, 6) is 0. The van der Waals surface area contributed by atoms with Gasteiger partial charge in [0.15, 0.2) is 0 Å². The molecule has 3 nitrogen and oxygen atoms in total. The second-order valence-electron chi connectivity index (χ2n) is 5.75. The molecule has 0 aliphatic carbocycles. The molecule has 1 heterocycles. The quantitative estimate of drug-likeness (QED) is 0.856. The number of nitrogens with zero attached hydrogens (tertiary/aromatic N) is 1. The summed E-state index contributed by atoms with van der Waals surface area (Å²) in [6.07, 6.45) is 1.93. The summed E-state index contributed by atoms with van der Waals surface area (Å²) in [7, 11) is 0. The number of aliphatic hydroxyl groups is 1. The fraction of sp³-hybridized carbons (Fsp3) is 0.625. The minimum atomic E-state index is -0.549. The van der Waals surface area contributed by atoms with Crippen LogP contribution in [0.15, 0.2) is 24.3 Å². The minimum Gasteiger partial charge on any atom is -0.388 e. The normalized spacial score (nSPS) is 24.7. The van der Waals surface area contributed by atoms with E-state index >= 15 is 0 Å². The summed E-state index contributed by atoms with van der Waals surface area (Å²) in [5.41, 5.74) is 2.07. The second-order valence-corrected chi connectivity index (χ2v) is 5.75. The van der Waals surface area contributed by atoms with Gasteiger partial charge in [-0.25, -0.2) is 0 Å². The van der Waals surface area contributed by atoms with Gasteiger partial charge >= 0.3 is 0 Å². The Morgan fingerprint density at radius 3 is 2.68 bits per heavy atom. The summed E-state index contributed by atoms with van der Waals surface area (Å²) in [6, 6.07) is 8.97. The molecule has 0 aromatic heterocycles. The SMILES string of the molecule is CCNC(CC)c1ccccc1N1CCC(C)(O)C1. The first-order chi connectivity index (χ1) is 9.07. The Kier molecular flexibility index (Phi) is 4.48. The van der Waals surface area contributed by atoms with Crippen molar-refractivity contribution in [1.82, 2.24) is 5.32 Å². The lowest BCUT2D eigenvalue weighted by Gasteiger charge is -2.27. The Morgan fingerprint density at radius 1 is 1.37 bits per heavy atom. The van der Waals surface area contributed by atoms with Gasteiger partial charge in [-0.3, -0.25) is 0 Å². The van der Waals surface area contributed by atoms with Gasteiger partial charge in [0.2, 0.25) is 0 Å². The smallest absolute Gasteiger partial charge is 0.0810 e. The Labute approximate surface area is 116 Å². The van der Waals surface area contributed by atoms with Crippen molar-refractivity contribution < 1.29 is 5.11 Å². The van der Waals surface area contributed by atoms with Crippen molar-refractivity contribution in [3.63, 3.8) is 0 Å². The highest BCUT2D eigenvalue weighted by molar-refractivity contribution is 5.56. The van der Waals surface area contributed by atoms with E-state index in [9.17, 15) is 5.11 Å². The molecular formula is C16H26N2O. The molecule has 1 aromatic carbocycles. The highest BCUT2D eigenvalue weighted by atomic mass is 16.3. The van der Waals surface area contributed by atoms with Crippen molar-refractivity contribution in [1.29, 1.82) is 0 Å². The Balaban J connectivity index is 2.26. The molecule has 2 N–H and O–H groups in total. The van der Waals surface area contributed by atoms with Crippen LogP contribution in [-0.4, -0.2) is 30.3 Å². The Bertz CT molecular complexity index is 417. The maximum atomic E-state index is 10.2. The molecule has 3 heteroatoms. The third kappa shape index (κ3) is 3.28. The van der Waals surface area contributed by atoms with Gasteiger partial charge in [-0.1, -0.05) is 32.0 Å². The molecule has 2 rings (SSSR count).